The lowest BCUT2D eigenvalue weighted by Gasteiger charge is -2.25. The van der Waals surface area contributed by atoms with Crippen LogP contribution in [0.2, 0.25) is 0 Å². The Labute approximate surface area is 99.8 Å². The number of rotatable bonds is 3. The Balaban J connectivity index is 1.89. The molecule has 0 aromatic carbocycles. The van der Waals surface area contributed by atoms with Crippen LogP contribution in [0.1, 0.15) is 38.5 Å². The second-order valence-electron chi connectivity index (χ2n) is 4.43. The van der Waals surface area contributed by atoms with Crippen LogP contribution in [0.5, 0.6) is 0 Å². The molecular formula is C12H16N2O3. The van der Waals surface area contributed by atoms with Crippen molar-refractivity contribution in [1.29, 1.82) is 0 Å². The van der Waals surface area contributed by atoms with Gasteiger partial charge in [0.15, 0.2) is 0 Å². The third-order valence-corrected chi connectivity index (χ3v) is 3.15. The van der Waals surface area contributed by atoms with E-state index in [9.17, 15) is 14.4 Å². The number of hydrogen-bond acceptors (Lipinski definition) is 3. The average Bonchev–Trinajstić information content (AvgIpc) is 2.29. The number of allylic oxidation sites excluding steroid dienone is 1. The third kappa shape index (κ3) is 2.93. The molecule has 0 spiro atoms. The van der Waals surface area contributed by atoms with Crippen molar-refractivity contribution in [2.24, 2.45) is 0 Å². The van der Waals surface area contributed by atoms with Crippen molar-refractivity contribution >= 4 is 17.8 Å². The van der Waals surface area contributed by atoms with Gasteiger partial charge in [0.1, 0.15) is 6.42 Å². The van der Waals surface area contributed by atoms with E-state index in [-0.39, 0.29) is 6.42 Å². The normalized spacial score (nSPS) is 21.3. The molecule has 1 saturated heterocycles. The van der Waals surface area contributed by atoms with E-state index in [2.05, 4.69) is 11.4 Å². The molecule has 0 unspecified atom stereocenters. The molecule has 1 fully saturated rings. The Hall–Kier alpha value is -1.65. The predicted molar refractivity (Wildman–Crippen MR) is 61.0 cm³/mol. The van der Waals surface area contributed by atoms with Crippen LogP contribution in [0.3, 0.4) is 0 Å². The lowest BCUT2D eigenvalue weighted by atomic mass is 9.97. The van der Waals surface area contributed by atoms with Crippen LogP contribution in [-0.4, -0.2) is 29.3 Å². The van der Waals surface area contributed by atoms with Gasteiger partial charge in [-0.25, -0.2) is 4.79 Å². The van der Waals surface area contributed by atoms with E-state index in [4.69, 9.17) is 0 Å². The van der Waals surface area contributed by atoms with E-state index in [1.54, 1.807) is 0 Å². The topological polar surface area (TPSA) is 66.5 Å². The zero-order chi connectivity index (χ0) is 12.3. The van der Waals surface area contributed by atoms with Gasteiger partial charge in [0, 0.05) is 6.54 Å². The van der Waals surface area contributed by atoms with Crippen molar-refractivity contribution in [3.05, 3.63) is 11.6 Å². The number of hydrogen-bond donors (Lipinski definition) is 1. The largest absolute Gasteiger partial charge is 0.330 e. The quantitative estimate of drug-likeness (QED) is 0.594. The molecule has 92 valence electrons. The summed E-state index contributed by atoms with van der Waals surface area (Å²) in [5.74, 6) is -0.900. The molecular weight excluding hydrogens is 220 g/mol. The molecule has 1 aliphatic carbocycles. The van der Waals surface area contributed by atoms with Gasteiger partial charge in [0.05, 0.1) is 0 Å². The summed E-state index contributed by atoms with van der Waals surface area (Å²) in [6.45, 7) is 0.379. The van der Waals surface area contributed by atoms with Crippen LogP contribution in [0.25, 0.3) is 0 Å². The summed E-state index contributed by atoms with van der Waals surface area (Å²) >= 11 is 0. The minimum absolute atomic E-state index is 0.217. The summed E-state index contributed by atoms with van der Waals surface area (Å²) in [5.41, 5.74) is 1.31. The number of nitrogens with zero attached hydrogens (tertiary/aromatic N) is 1. The molecule has 2 rings (SSSR count). The summed E-state index contributed by atoms with van der Waals surface area (Å²) in [6, 6.07) is -0.581. The highest BCUT2D eigenvalue weighted by Crippen LogP contribution is 2.20. The molecule has 1 heterocycles. The van der Waals surface area contributed by atoms with Gasteiger partial charge in [-0.05, 0) is 32.1 Å². The standard InChI is InChI=1S/C12H16N2O3/c15-10-8-11(16)14(12(17)13-10)7-6-9-4-2-1-3-5-9/h4H,1-3,5-8H2,(H,13,15,17). The Bertz CT molecular complexity index is 367. The number of barbiturate groups is 1. The Morgan fingerprint density at radius 1 is 1.24 bits per heavy atom. The number of carbonyl (C=O) groups excluding carboxylic acids is 3. The number of amides is 4. The fourth-order valence-corrected chi connectivity index (χ4v) is 2.19. The molecule has 0 saturated carbocycles. The maximum absolute atomic E-state index is 11.5. The highest BCUT2D eigenvalue weighted by molar-refractivity contribution is 6.14. The van der Waals surface area contributed by atoms with Crippen molar-refractivity contribution in [2.45, 2.75) is 38.5 Å². The maximum Gasteiger partial charge on any atom is 0.330 e. The minimum atomic E-state index is -0.581. The van der Waals surface area contributed by atoms with Crippen LogP contribution < -0.4 is 5.32 Å². The van der Waals surface area contributed by atoms with E-state index in [1.165, 1.54) is 18.4 Å². The summed E-state index contributed by atoms with van der Waals surface area (Å²) in [6.07, 6.45) is 7.27. The van der Waals surface area contributed by atoms with Crippen LogP contribution in [-0.2, 0) is 9.59 Å². The highest BCUT2D eigenvalue weighted by Gasteiger charge is 2.30. The molecule has 5 nitrogen and oxygen atoms in total. The summed E-state index contributed by atoms with van der Waals surface area (Å²) < 4.78 is 0. The first-order chi connectivity index (χ1) is 8.16. The third-order valence-electron chi connectivity index (χ3n) is 3.15. The monoisotopic (exact) mass is 236 g/mol. The zero-order valence-corrected chi connectivity index (χ0v) is 9.70. The summed E-state index contributed by atoms with van der Waals surface area (Å²) in [7, 11) is 0. The van der Waals surface area contributed by atoms with Crippen molar-refractivity contribution < 1.29 is 14.4 Å². The second-order valence-corrected chi connectivity index (χ2v) is 4.43. The number of imide groups is 2. The molecule has 0 aromatic rings. The molecule has 5 heteroatoms. The molecule has 1 aliphatic heterocycles. The maximum atomic E-state index is 11.5. The number of urea groups is 1. The lowest BCUT2D eigenvalue weighted by Crippen LogP contribution is -2.52. The van der Waals surface area contributed by atoms with Crippen molar-refractivity contribution in [3.8, 4) is 0 Å². The fraction of sp³-hybridized carbons (Fsp3) is 0.583. The van der Waals surface area contributed by atoms with Gasteiger partial charge in [0.25, 0.3) is 0 Å². The van der Waals surface area contributed by atoms with E-state index in [0.29, 0.717) is 6.54 Å². The molecule has 0 radical (unpaired) electrons. The number of carbonyl (C=O) groups is 3. The Morgan fingerprint density at radius 3 is 2.71 bits per heavy atom. The highest BCUT2D eigenvalue weighted by atomic mass is 16.2. The van der Waals surface area contributed by atoms with E-state index in [1.807, 2.05) is 0 Å². The molecule has 2 aliphatic rings. The van der Waals surface area contributed by atoms with Gasteiger partial charge in [-0.2, -0.15) is 0 Å². The van der Waals surface area contributed by atoms with Crippen molar-refractivity contribution in [1.82, 2.24) is 10.2 Å². The fourth-order valence-electron chi connectivity index (χ4n) is 2.19. The predicted octanol–water partition coefficient (Wildman–Crippen LogP) is 1.35. The van der Waals surface area contributed by atoms with Crippen molar-refractivity contribution in [3.63, 3.8) is 0 Å². The summed E-state index contributed by atoms with van der Waals surface area (Å²) in [5, 5.41) is 2.16. The Morgan fingerprint density at radius 2 is 2.06 bits per heavy atom. The van der Waals surface area contributed by atoms with Gasteiger partial charge in [-0.1, -0.05) is 11.6 Å². The van der Waals surface area contributed by atoms with Gasteiger partial charge in [0.2, 0.25) is 11.8 Å². The van der Waals surface area contributed by atoms with Gasteiger partial charge in [-0.15, -0.1) is 0 Å². The molecule has 1 N–H and O–H groups in total. The minimum Gasteiger partial charge on any atom is -0.277 e. The Kier molecular flexibility index (Phi) is 3.56. The molecule has 0 atom stereocenters. The summed E-state index contributed by atoms with van der Waals surface area (Å²) in [4.78, 5) is 35.0. The molecule has 17 heavy (non-hydrogen) atoms. The SMILES string of the molecule is O=C1CC(=O)N(CCC2=CCCCC2)C(=O)N1. The average molecular weight is 236 g/mol. The van der Waals surface area contributed by atoms with Crippen LogP contribution in [0.15, 0.2) is 11.6 Å². The van der Waals surface area contributed by atoms with E-state index >= 15 is 0 Å². The van der Waals surface area contributed by atoms with Gasteiger partial charge < -0.3 is 0 Å². The molecule has 4 amide bonds. The van der Waals surface area contributed by atoms with Crippen molar-refractivity contribution in [2.75, 3.05) is 6.54 Å². The molecule has 0 aromatic heterocycles. The van der Waals surface area contributed by atoms with Crippen LogP contribution in [0.4, 0.5) is 4.79 Å². The first kappa shape index (κ1) is 11.8. The van der Waals surface area contributed by atoms with Gasteiger partial charge >= 0.3 is 6.03 Å². The van der Waals surface area contributed by atoms with Crippen LogP contribution in [0, 0.1) is 0 Å². The lowest BCUT2D eigenvalue weighted by molar-refractivity contribution is -0.136. The van der Waals surface area contributed by atoms with Crippen LogP contribution >= 0.6 is 0 Å². The first-order valence-corrected chi connectivity index (χ1v) is 5.99. The smallest absolute Gasteiger partial charge is 0.277 e. The number of nitrogens with one attached hydrogen (secondary N) is 1. The second kappa shape index (κ2) is 5.12. The van der Waals surface area contributed by atoms with E-state index in [0.717, 1.165) is 24.2 Å². The molecule has 0 bridgehead atoms. The first-order valence-electron chi connectivity index (χ1n) is 5.99. The van der Waals surface area contributed by atoms with Gasteiger partial charge in [-0.3, -0.25) is 19.8 Å². The zero-order valence-electron chi connectivity index (χ0n) is 9.70. The van der Waals surface area contributed by atoms with E-state index < -0.39 is 17.8 Å².